The van der Waals surface area contributed by atoms with Gasteiger partial charge >= 0.3 is 6.09 Å². The maximum atomic E-state index is 13.9. The fraction of sp³-hybridized carbons (Fsp3) is 0.433. The first-order chi connectivity index (χ1) is 17.5. The van der Waals surface area contributed by atoms with Gasteiger partial charge < -0.3 is 20.3 Å². The maximum absolute atomic E-state index is 13.9. The van der Waals surface area contributed by atoms with E-state index in [1.54, 1.807) is 52.0 Å². The normalized spacial score (nSPS) is 12.6. The molecule has 0 saturated carbocycles. The first-order valence-electron chi connectivity index (χ1n) is 12.7. The Labute approximate surface area is 221 Å². The van der Waals surface area contributed by atoms with Crippen molar-refractivity contribution in [3.8, 4) is 12.3 Å². The number of carbonyl (C=O) groups excluding carboxylic acids is 3. The zero-order valence-corrected chi connectivity index (χ0v) is 22.8. The van der Waals surface area contributed by atoms with Gasteiger partial charge in [0.15, 0.2) is 0 Å². The van der Waals surface area contributed by atoms with Crippen molar-refractivity contribution in [2.45, 2.75) is 78.5 Å². The first-order valence-corrected chi connectivity index (χ1v) is 12.7. The van der Waals surface area contributed by atoms with Crippen molar-refractivity contribution in [2.24, 2.45) is 0 Å². The first kappa shape index (κ1) is 29.4. The molecule has 0 aromatic heterocycles. The predicted octanol–water partition coefficient (Wildman–Crippen LogP) is 5.59. The van der Waals surface area contributed by atoms with Gasteiger partial charge in [-0.2, -0.15) is 0 Å². The number of ether oxygens (including phenoxy) is 1. The Morgan fingerprint density at radius 3 is 2.32 bits per heavy atom. The van der Waals surface area contributed by atoms with Crippen molar-refractivity contribution in [3.63, 3.8) is 0 Å². The minimum Gasteiger partial charge on any atom is -0.444 e. The second-order valence-electron chi connectivity index (χ2n) is 10.0. The number of aryl methyl sites for hydroxylation is 1. The number of nitrogens with zero attached hydrogens (tertiary/aromatic N) is 1. The van der Waals surface area contributed by atoms with Gasteiger partial charge in [-0.05, 0) is 64.3 Å². The Balaban J connectivity index is 2.50. The van der Waals surface area contributed by atoms with Crippen LogP contribution in [0.2, 0.25) is 0 Å². The molecular weight excluding hydrogens is 466 g/mol. The molecule has 0 heterocycles. The second-order valence-corrected chi connectivity index (χ2v) is 10.0. The van der Waals surface area contributed by atoms with Gasteiger partial charge in [-0.15, -0.1) is 6.42 Å². The van der Waals surface area contributed by atoms with Crippen LogP contribution in [-0.2, 0) is 14.3 Å². The van der Waals surface area contributed by atoms with Crippen LogP contribution in [0.3, 0.4) is 0 Å². The summed E-state index contributed by atoms with van der Waals surface area (Å²) in [6.07, 6.45) is 7.59. The van der Waals surface area contributed by atoms with Crippen LogP contribution in [0.25, 0.3) is 0 Å². The van der Waals surface area contributed by atoms with E-state index < -0.39 is 29.7 Å². The highest BCUT2D eigenvalue weighted by atomic mass is 16.6. The van der Waals surface area contributed by atoms with E-state index in [2.05, 4.69) is 23.5 Å². The third-order valence-electron chi connectivity index (χ3n) is 5.76. The summed E-state index contributed by atoms with van der Waals surface area (Å²) in [6, 6.07) is 12.6. The van der Waals surface area contributed by atoms with Crippen LogP contribution in [0.15, 0.2) is 48.5 Å². The van der Waals surface area contributed by atoms with Crippen molar-refractivity contribution in [1.29, 1.82) is 0 Å². The Hall–Kier alpha value is -3.79. The molecule has 2 aromatic rings. The third kappa shape index (κ3) is 8.68. The van der Waals surface area contributed by atoms with Crippen molar-refractivity contribution >= 4 is 23.6 Å². The molecule has 0 aliphatic heterocycles. The molecule has 2 aromatic carbocycles. The summed E-state index contributed by atoms with van der Waals surface area (Å²) in [5.74, 6) is 1.86. The minimum absolute atomic E-state index is 0.317. The van der Waals surface area contributed by atoms with Gasteiger partial charge in [-0.25, -0.2) is 4.79 Å². The quantitative estimate of drug-likeness (QED) is 0.326. The molecule has 2 atom stereocenters. The van der Waals surface area contributed by atoms with Gasteiger partial charge in [0.05, 0.1) is 0 Å². The van der Waals surface area contributed by atoms with Gasteiger partial charge in [0, 0.05) is 17.8 Å². The number of carbonyl (C=O) groups is 3. The molecule has 2 N–H and O–H groups in total. The van der Waals surface area contributed by atoms with Crippen molar-refractivity contribution in [2.75, 3.05) is 11.9 Å². The van der Waals surface area contributed by atoms with Crippen LogP contribution >= 0.6 is 0 Å². The van der Waals surface area contributed by atoms with Crippen molar-refractivity contribution in [1.82, 2.24) is 10.2 Å². The molecule has 2 unspecified atom stereocenters. The van der Waals surface area contributed by atoms with Crippen LogP contribution in [0.5, 0.6) is 0 Å². The average molecular weight is 506 g/mol. The number of alkyl carbamates (subject to hydrolysis) is 1. The molecule has 7 heteroatoms. The molecule has 0 aliphatic carbocycles. The number of unbranched alkanes of at least 4 members (excludes halogenated alkanes) is 2. The fourth-order valence-electron chi connectivity index (χ4n) is 3.93. The van der Waals surface area contributed by atoms with Crippen LogP contribution in [0.1, 0.15) is 76.6 Å². The molecule has 0 bridgehead atoms. The lowest BCUT2D eigenvalue weighted by molar-refractivity contribution is -0.140. The predicted molar refractivity (Wildman–Crippen MR) is 147 cm³/mol. The van der Waals surface area contributed by atoms with E-state index in [9.17, 15) is 14.4 Å². The lowest BCUT2D eigenvalue weighted by atomic mass is 9.97. The highest BCUT2D eigenvalue weighted by Crippen LogP contribution is 2.28. The maximum Gasteiger partial charge on any atom is 0.408 e. The Morgan fingerprint density at radius 2 is 1.70 bits per heavy atom. The SMILES string of the molecule is C#Cc1ccccc1C(C(=O)Nc1ccccc1C)N(CCCCC)C(=O)C(C)NC(=O)OC(C)(C)C. The van der Waals surface area contributed by atoms with Crippen LogP contribution in [0, 0.1) is 19.3 Å². The number of anilines is 1. The topological polar surface area (TPSA) is 87.7 Å². The molecule has 198 valence electrons. The van der Waals surface area contributed by atoms with E-state index in [1.165, 1.54) is 4.90 Å². The molecule has 7 nitrogen and oxygen atoms in total. The van der Waals surface area contributed by atoms with Crippen molar-refractivity contribution < 1.29 is 19.1 Å². The average Bonchev–Trinajstić information content (AvgIpc) is 2.83. The summed E-state index contributed by atoms with van der Waals surface area (Å²) in [7, 11) is 0. The van der Waals surface area contributed by atoms with Gasteiger partial charge in [0.1, 0.15) is 17.7 Å². The zero-order chi connectivity index (χ0) is 27.6. The van der Waals surface area contributed by atoms with E-state index >= 15 is 0 Å². The Kier molecular flexibility index (Phi) is 10.7. The standard InChI is InChI=1S/C30H39N3O4/c1-8-10-15-20-33(28(35)22(4)31-29(36)37-30(5,6)7)26(24-18-13-12-17-23(24)9-2)27(34)32-25-19-14-11-16-21(25)3/h2,11-14,16-19,22,26H,8,10,15,20H2,1,3-7H3,(H,31,36)(H,32,34). The smallest absolute Gasteiger partial charge is 0.408 e. The van der Waals surface area contributed by atoms with Crippen LogP contribution < -0.4 is 10.6 Å². The number of terminal acetylenes is 1. The molecule has 3 amide bonds. The summed E-state index contributed by atoms with van der Waals surface area (Å²) in [6.45, 7) is 11.1. The molecule has 0 saturated heterocycles. The molecule has 0 spiro atoms. The number of hydrogen-bond donors (Lipinski definition) is 2. The number of nitrogens with one attached hydrogen (secondary N) is 2. The molecule has 0 fully saturated rings. The highest BCUT2D eigenvalue weighted by Gasteiger charge is 2.35. The van der Waals surface area contributed by atoms with E-state index in [4.69, 9.17) is 11.2 Å². The number of benzene rings is 2. The highest BCUT2D eigenvalue weighted by molar-refractivity contribution is 5.99. The summed E-state index contributed by atoms with van der Waals surface area (Å²) >= 11 is 0. The summed E-state index contributed by atoms with van der Waals surface area (Å²) < 4.78 is 5.33. The number of rotatable bonds is 10. The fourth-order valence-corrected chi connectivity index (χ4v) is 3.93. The van der Waals surface area contributed by atoms with Crippen LogP contribution in [-0.4, -0.2) is 41.0 Å². The molecule has 2 rings (SSSR count). The molecule has 37 heavy (non-hydrogen) atoms. The van der Waals surface area contributed by atoms with E-state index in [-0.39, 0.29) is 5.91 Å². The lowest BCUT2D eigenvalue weighted by Crippen LogP contribution is -2.51. The number of amides is 3. The molecular formula is C30H39N3O4. The van der Waals surface area contributed by atoms with E-state index in [0.29, 0.717) is 29.8 Å². The monoisotopic (exact) mass is 505 g/mol. The largest absolute Gasteiger partial charge is 0.444 e. The van der Waals surface area contributed by atoms with E-state index in [0.717, 1.165) is 18.4 Å². The van der Waals surface area contributed by atoms with Gasteiger partial charge in [0.2, 0.25) is 5.91 Å². The molecule has 0 aliphatic rings. The summed E-state index contributed by atoms with van der Waals surface area (Å²) in [4.78, 5) is 41.6. The summed E-state index contributed by atoms with van der Waals surface area (Å²) in [5.41, 5.74) is 1.90. The van der Waals surface area contributed by atoms with Crippen molar-refractivity contribution in [3.05, 3.63) is 65.2 Å². The lowest BCUT2D eigenvalue weighted by Gasteiger charge is -2.34. The van der Waals surface area contributed by atoms with Gasteiger partial charge in [-0.3, -0.25) is 9.59 Å². The minimum atomic E-state index is -1.00. The number of hydrogen-bond acceptors (Lipinski definition) is 4. The van der Waals surface area contributed by atoms with Gasteiger partial charge in [0.25, 0.3) is 5.91 Å². The zero-order valence-electron chi connectivity index (χ0n) is 22.8. The van der Waals surface area contributed by atoms with Crippen LogP contribution in [0.4, 0.5) is 10.5 Å². The van der Waals surface area contributed by atoms with E-state index in [1.807, 2.05) is 31.2 Å². The number of para-hydroxylation sites is 1. The Bertz CT molecular complexity index is 1130. The third-order valence-corrected chi connectivity index (χ3v) is 5.76. The Morgan fingerprint density at radius 1 is 1.05 bits per heavy atom. The van der Waals surface area contributed by atoms with Gasteiger partial charge in [-0.1, -0.05) is 62.1 Å². The summed E-state index contributed by atoms with van der Waals surface area (Å²) in [5, 5.41) is 5.60. The second kappa shape index (κ2) is 13.5. The molecule has 0 radical (unpaired) electrons.